The molecule has 0 spiro atoms. The van der Waals surface area contributed by atoms with Crippen LogP contribution in [-0.2, 0) is 11.2 Å². The Morgan fingerprint density at radius 3 is 2.55 bits per heavy atom. The lowest BCUT2D eigenvalue weighted by Gasteiger charge is -2.12. The number of aromatic nitrogens is 1. The highest BCUT2D eigenvalue weighted by atomic mass is 19.1. The number of hydrogen-bond acceptors (Lipinski definition) is 5. The molecule has 0 amide bonds. The Kier molecular flexibility index (Phi) is 5.30. The maximum absolute atomic E-state index is 14.0. The Morgan fingerprint density at radius 1 is 1.18 bits per heavy atom. The molecule has 0 bridgehead atoms. The van der Waals surface area contributed by atoms with Gasteiger partial charge >= 0.3 is 5.97 Å². The highest BCUT2D eigenvalue weighted by Gasteiger charge is 2.17. The molecule has 1 aromatic carbocycles. The first-order valence-corrected chi connectivity index (χ1v) is 6.63. The van der Waals surface area contributed by atoms with Crippen LogP contribution >= 0.6 is 0 Å². The fourth-order valence-corrected chi connectivity index (χ4v) is 1.91. The number of rotatable bonds is 6. The molecular formula is C16H16FNO4. The topological polar surface area (TPSA) is 57.7 Å². The maximum atomic E-state index is 14.0. The number of ether oxygens (including phenoxy) is 3. The second-order valence-electron chi connectivity index (χ2n) is 4.43. The first kappa shape index (κ1) is 15.8. The van der Waals surface area contributed by atoms with Gasteiger partial charge in [-0.1, -0.05) is 0 Å². The summed E-state index contributed by atoms with van der Waals surface area (Å²) >= 11 is 0. The minimum Gasteiger partial charge on any atom is -0.496 e. The van der Waals surface area contributed by atoms with Crippen molar-refractivity contribution in [2.45, 2.75) is 6.42 Å². The smallest absolute Gasteiger partial charge is 0.341 e. The van der Waals surface area contributed by atoms with Crippen molar-refractivity contribution in [3.8, 4) is 11.5 Å². The van der Waals surface area contributed by atoms with Gasteiger partial charge in [0.05, 0.1) is 20.8 Å². The number of benzene rings is 1. The van der Waals surface area contributed by atoms with E-state index >= 15 is 0 Å². The Balaban J connectivity index is 2.09. The van der Waals surface area contributed by atoms with Crippen LogP contribution in [0.15, 0.2) is 36.7 Å². The highest BCUT2D eigenvalue weighted by Crippen LogP contribution is 2.28. The maximum Gasteiger partial charge on any atom is 0.341 e. The minimum atomic E-state index is -0.668. The third kappa shape index (κ3) is 3.72. The van der Waals surface area contributed by atoms with Crippen LogP contribution < -0.4 is 9.47 Å². The molecule has 2 rings (SSSR count). The summed E-state index contributed by atoms with van der Waals surface area (Å²) in [4.78, 5) is 15.5. The molecule has 6 heteroatoms. The van der Waals surface area contributed by atoms with Crippen molar-refractivity contribution in [1.29, 1.82) is 0 Å². The van der Waals surface area contributed by atoms with Crippen molar-refractivity contribution in [2.24, 2.45) is 0 Å². The summed E-state index contributed by atoms with van der Waals surface area (Å²) in [6.07, 6.45) is 3.98. The van der Waals surface area contributed by atoms with Crippen LogP contribution in [0.25, 0.3) is 0 Å². The predicted molar refractivity (Wildman–Crippen MR) is 77.7 cm³/mol. The summed E-state index contributed by atoms with van der Waals surface area (Å²) < 4.78 is 29.1. The van der Waals surface area contributed by atoms with Crippen LogP contribution in [0.3, 0.4) is 0 Å². The van der Waals surface area contributed by atoms with E-state index in [2.05, 4.69) is 9.72 Å². The van der Waals surface area contributed by atoms with E-state index in [-0.39, 0.29) is 17.1 Å². The van der Waals surface area contributed by atoms with Crippen LogP contribution in [0.1, 0.15) is 15.9 Å². The van der Waals surface area contributed by atoms with Crippen LogP contribution in [0.2, 0.25) is 0 Å². The molecule has 0 fully saturated rings. The van der Waals surface area contributed by atoms with Gasteiger partial charge in [-0.25, -0.2) is 9.18 Å². The van der Waals surface area contributed by atoms with Gasteiger partial charge in [0.1, 0.15) is 11.3 Å². The van der Waals surface area contributed by atoms with E-state index in [9.17, 15) is 9.18 Å². The summed E-state index contributed by atoms with van der Waals surface area (Å²) in [6.45, 7) is 0.293. The lowest BCUT2D eigenvalue weighted by Crippen LogP contribution is -2.07. The van der Waals surface area contributed by atoms with Gasteiger partial charge in [0, 0.05) is 24.9 Å². The Morgan fingerprint density at radius 2 is 1.91 bits per heavy atom. The standard InChI is InChI=1S/C16H16FNO4/c1-20-14-10-15(13(17)9-12(14)16(19)21-2)22-8-5-11-3-6-18-7-4-11/h3-4,6-7,9-10H,5,8H2,1-2H3. The molecule has 116 valence electrons. The zero-order valence-corrected chi connectivity index (χ0v) is 12.3. The van der Waals surface area contributed by atoms with Crippen LogP contribution in [0, 0.1) is 5.82 Å². The molecular weight excluding hydrogens is 289 g/mol. The van der Waals surface area contributed by atoms with E-state index < -0.39 is 11.8 Å². The molecule has 0 aliphatic rings. The van der Waals surface area contributed by atoms with Crippen molar-refractivity contribution in [1.82, 2.24) is 4.98 Å². The Labute approximate surface area is 127 Å². The monoisotopic (exact) mass is 305 g/mol. The number of hydrogen-bond donors (Lipinski definition) is 0. The number of nitrogens with zero attached hydrogens (tertiary/aromatic N) is 1. The van der Waals surface area contributed by atoms with Gasteiger partial charge in [-0.2, -0.15) is 0 Å². The van der Waals surface area contributed by atoms with E-state index in [1.807, 2.05) is 12.1 Å². The fraction of sp³-hybridized carbons (Fsp3) is 0.250. The summed E-state index contributed by atoms with van der Waals surface area (Å²) in [6, 6.07) is 6.11. The molecule has 5 nitrogen and oxygen atoms in total. The van der Waals surface area contributed by atoms with E-state index in [1.165, 1.54) is 20.3 Å². The number of carbonyl (C=O) groups excluding carboxylic acids is 1. The largest absolute Gasteiger partial charge is 0.496 e. The average Bonchev–Trinajstić information content (AvgIpc) is 2.56. The lowest BCUT2D eigenvalue weighted by molar-refractivity contribution is 0.0596. The third-order valence-electron chi connectivity index (χ3n) is 3.06. The van der Waals surface area contributed by atoms with Gasteiger partial charge in [-0.3, -0.25) is 4.98 Å². The molecule has 0 atom stereocenters. The van der Waals surface area contributed by atoms with Gasteiger partial charge in [0.25, 0.3) is 0 Å². The summed E-state index contributed by atoms with van der Waals surface area (Å²) in [7, 11) is 2.61. The Bertz CT molecular complexity index is 646. The minimum absolute atomic E-state index is 0.0176. The second-order valence-corrected chi connectivity index (χ2v) is 4.43. The molecule has 1 heterocycles. The van der Waals surface area contributed by atoms with Gasteiger partial charge in [0.15, 0.2) is 11.6 Å². The summed E-state index contributed by atoms with van der Waals surface area (Å²) in [5.74, 6) is -1.08. The van der Waals surface area contributed by atoms with Crippen molar-refractivity contribution in [3.63, 3.8) is 0 Å². The lowest BCUT2D eigenvalue weighted by atomic mass is 10.2. The molecule has 0 saturated heterocycles. The average molecular weight is 305 g/mol. The van der Waals surface area contributed by atoms with Crippen LogP contribution in [0.5, 0.6) is 11.5 Å². The van der Waals surface area contributed by atoms with Crippen LogP contribution in [0.4, 0.5) is 4.39 Å². The van der Waals surface area contributed by atoms with Crippen molar-refractivity contribution < 1.29 is 23.4 Å². The molecule has 0 aliphatic heterocycles. The number of carbonyl (C=O) groups is 1. The number of pyridine rings is 1. The fourth-order valence-electron chi connectivity index (χ4n) is 1.91. The van der Waals surface area contributed by atoms with Gasteiger partial charge < -0.3 is 14.2 Å². The van der Waals surface area contributed by atoms with E-state index in [0.717, 1.165) is 11.6 Å². The molecule has 0 aliphatic carbocycles. The molecule has 0 unspecified atom stereocenters. The van der Waals surface area contributed by atoms with E-state index in [1.54, 1.807) is 12.4 Å². The van der Waals surface area contributed by atoms with Crippen molar-refractivity contribution in [2.75, 3.05) is 20.8 Å². The number of halogens is 1. The van der Waals surface area contributed by atoms with Crippen molar-refractivity contribution >= 4 is 5.97 Å². The highest BCUT2D eigenvalue weighted by molar-refractivity contribution is 5.92. The van der Waals surface area contributed by atoms with Gasteiger partial charge in [-0.05, 0) is 23.8 Å². The van der Waals surface area contributed by atoms with Crippen LogP contribution in [-0.4, -0.2) is 31.8 Å². The molecule has 0 N–H and O–H groups in total. The van der Waals surface area contributed by atoms with E-state index in [4.69, 9.17) is 9.47 Å². The molecule has 0 saturated carbocycles. The zero-order valence-electron chi connectivity index (χ0n) is 12.3. The molecule has 1 aromatic heterocycles. The zero-order chi connectivity index (χ0) is 15.9. The SMILES string of the molecule is COC(=O)c1cc(F)c(OCCc2ccncc2)cc1OC. The van der Waals surface area contributed by atoms with Gasteiger partial charge in [-0.15, -0.1) is 0 Å². The summed E-state index contributed by atoms with van der Waals surface area (Å²) in [5, 5.41) is 0. The normalized spacial score (nSPS) is 10.1. The van der Waals surface area contributed by atoms with E-state index in [0.29, 0.717) is 13.0 Å². The number of methoxy groups -OCH3 is 2. The first-order valence-electron chi connectivity index (χ1n) is 6.63. The van der Waals surface area contributed by atoms with Gasteiger partial charge in [0.2, 0.25) is 0 Å². The summed E-state index contributed by atoms with van der Waals surface area (Å²) in [5.41, 5.74) is 1.05. The number of esters is 1. The molecule has 2 aromatic rings. The first-order chi connectivity index (χ1) is 10.7. The molecule has 0 radical (unpaired) electrons. The quantitative estimate of drug-likeness (QED) is 0.768. The molecule has 22 heavy (non-hydrogen) atoms. The van der Waals surface area contributed by atoms with Crippen molar-refractivity contribution in [3.05, 3.63) is 53.6 Å². The second kappa shape index (κ2) is 7.40. The Hall–Kier alpha value is -2.63. The predicted octanol–water partition coefficient (Wildman–Crippen LogP) is 2.64. The third-order valence-corrected chi connectivity index (χ3v) is 3.06.